The maximum Gasteiger partial charge on any atom is 0.323 e. The average molecular weight is 639 g/mol. The molecule has 13 heteroatoms. The van der Waals surface area contributed by atoms with Gasteiger partial charge in [0.15, 0.2) is 0 Å². The number of aryl methyl sites for hydroxylation is 1. The summed E-state index contributed by atoms with van der Waals surface area (Å²) >= 11 is 0. The quantitative estimate of drug-likeness (QED) is 0.252. The number of carbonyl (C=O) groups excluding carboxylic acids is 4. The number of methoxy groups -OCH3 is 1. The second-order valence-corrected chi connectivity index (χ2v) is 11.4. The van der Waals surface area contributed by atoms with Crippen LogP contribution in [-0.2, 0) is 20.8 Å². The molecule has 3 N–H and O–H groups in total. The van der Waals surface area contributed by atoms with Crippen LogP contribution in [0.15, 0.2) is 42.5 Å². The van der Waals surface area contributed by atoms with Gasteiger partial charge in [0, 0.05) is 65.5 Å². The van der Waals surface area contributed by atoms with Gasteiger partial charge >= 0.3 is 18.0 Å². The van der Waals surface area contributed by atoms with Crippen molar-refractivity contribution in [1.82, 2.24) is 19.6 Å². The summed E-state index contributed by atoms with van der Waals surface area (Å²) in [5.74, 6) is -0.561. The van der Waals surface area contributed by atoms with Crippen molar-refractivity contribution in [2.75, 3.05) is 71.1 Å². The Hall–Kier alpha value is -4.81. The van der Waals surface area contributed by atoms with E-state index in [0.29, 0.717) is 62.6 Å². The van der Waals surface area contributed by atoms with Crippen molar-refractivity contribution in [3.05, 3.63) is 53.6 Å². The Morgan fingerprint density at radius 3 is 2.33 bits per heavy atom. The molecule has 13 nitrogen and oxygen atoms in total. The van der Waals surface area contributed by atoms with Gasteiger partial charge in [0.2, 0.25) is 11.8 Å². The van der Waals surface area contributed by atoms with Crippen LogP contribution in [0.4, 0.5) is 21.0 Å². The molecule has 2 aromatic carbocycles. The standard InChI is InChI=1S/C33H46N6O7/c1-24-10-5-6-11-26(24)34-32(44)35-27-14-13-25(22-28(27)46-4)23-30(41)36(2)16-8-17-37(3)33(45)39(21-15-31(42)43)20-9-19-38-18-7-12-29(38)40/h5-6,10-11,13-14,22H,7-9,12,15-21,23H2,1-4H3,(H,42,43)(H2,34,35,44). The molecule has 0 unspecified atom stereocenters. The molecule has 250 valence electrons. The normalized spacial score (nSPS) is 12.4. The predicted octanol–water partition coefficient (Wildman–Crippen LogP) is 3.88. The fraction of sp³-hybridized carbons (Fsp3) is 0.485. The lowest BCUT2D eigenvalue weighted by molar-refractivity contribution is -0.137. The van der Waals surface area contributed by atoms with Crippen LogP contribution in [0.3, 0.4) is 0 Å². The Bertz CT molecular complexity index is 1380. The Kier molecular flexibility index (Phi) is 13.7. The molecular weight excluding hydrogens is 592 g/mol. The van der Waals surface area contributed by atoms with E-state index in [2.05, 4.69) is 10.6 Å². The fourth-order valence-electron chi connectivity index (χ4n) is 5.18. The monoisotopic (exact) mass is 638 g/mol. The number of hydrogen-bond acceptors (Lipinski definition) is 6. The molecular formula is C33H46N6O7. The molecule has 0 saturated carbocycles. The number of para-hydroxylation sites is 1. The SMILES string of the molecule is COc1cc(CC(=O)N(C)CCCN(C)C(=O)N(CCCN2CCCC2=O)CCC(=O)O)ccc1NC(=O)Nc1ccccc1C. The number of rotatable bonds is 16. The topological polar surface area (TPSA) is 152 Å². The van der Waals surface area contributed by atoms with Crippen LogP contribution in [0.1, 0.15) is 43.2 Å². The van der Waals surface area contributed by atoms with E-state index in [1.165, 1.54) is 16.9 Å². The molecule has 2 aromatic rings. The number of hydrogen-bond donors (Lipinski definition) is 3. The van der Waals surface area contributed by atoms with Gasteiger partial charge in [0.25, 0.3) is 0 Å². The first kappa shape index (κ1) is 35.7. The third-order valence-corrected chi connectivity index (χ3v) is 7.90. The summed E-state index contributed by atoms with van der Waals surface area (Å²) in [4.78, 5) is 68.1. The van der Waals surface area contributed by atoms with E-state index in [-0.39, 0.29) is 37.2 Å². The zero-order valence-electron chi connectivity index (χ0n) is 27.2. The van der Waals surface area contributed by atoms with Gasteiger partial charge in [-0.25, -0.2) is 9.59 Å². The Morgan fingerprint density at radius 2 is 1.65 bits per heavy atom. The Balaban J connectivity index is 1.46. The summed E-state index contributed by atoms with van der Waals surface area (Å²) in [6, 6.07) is 11.9. The first-order valence-electron chi connectivity index (χ1n) is 15.5. The van der Waals surface area contributed by atoms with Gasteiger partial charge in [0.1, 0.15) is 5.75 Å². The number of ether oxygens (including phenoxy) is 1. The number of urea groups is 2. The highest BCUT2D eigenvalue weighted by atomic mass is 16.5. The van der Waals surface area contributed by atoms with Gasteiger partial charge < -0.3 is 40.1 Å². The van der Waals surface area contributed by atoms with Crippen molar-refractivity contribution in [3.8, 4) is 5.75 Å². The molecule has 0 atom stereocenters. The number of aliphatic carboxylic acids is 1. The number of nitrogens with zero attached hydrogens (tertiary/aromatic N) is 4. The molecule has 0 aliphatic carbocycles. The molecule has 1 heterocycles. The molecule has 0 radical (unpaired) electrons. The summed E-state index contributed by atoms with van der Waals surface area (Å²) in [7, 11) is 4.85. The lowest BCUT2D eigenvalue weighted by Crippen LogP contribution is -2.44. The Morgan fingerprint density at radius 1 is 0.935 bits per heavy atom. The minimum Gasteiger partial charge on any atom is -0.495 e. The molecule has 0 aromatic heterocycles. The maximum atomic E-state index is 13.1. The van der Waals surface area contributed by atoms with E-state index in [4.69, 9.17) is 9.84 Å². The van der Waals surface area contributed by atoms with Crippen molar-refractivity contribution in [3.63, 3.8) is 0 Å². The van der Waals surface area contributed by atoms with Gasteiger partial charge in [0.05, 0.1) is 25.6 Å². The smallest absolute Gasteiger partial charge is 0.323 e. The highest BCUT2D eigenvalue weighted by molar-refractivity contribution is 6.01. The third-order valence-electron chi connectivity index (χ3n) is 7.90. The Labute approximate surface area is 270 Å². The number of benzene rings is 2. The largest absolute Gasteiger partial charge is 0.495 e. The molecule has 1 aliphatic rings. The molecule has 1 saturated heterocycles. The minimum atomic E-state index is -0.984. The minimum absolute atomic E-state index is 0.0833. The summed E-state index contributed by atoms with van der Waals surface area (Å²) in [6.07, 6.45) is 2.45. The van der Waals surface area contributed by atoms with E-state index in [1.54, 1.807) is 42.1 Å². The third kappa shape index (κ3) is 11.0. The van der Waals surface area contributed by atoms with Gasteiger partial charge in [-0.2, -0.15) is 0 Å². The van der Waals surface area contributed by atoms with Gasteiger partial charge in [-0.15, -0.1) is 0 Å². The average Bonchev–Trinajstić information content (AvgIpc) is 3.44. The van der Waals surface area contributed by atoms with E-state index in [9.17, 15) is 24.0 Å². The van der Waals surface area contributed by atoms with Crippen molar-refractivity contribution in [2.45, 2.75) is 45.4 Å². The van der Waals surface area contributed by atoms with E-state index in [1.807, 2.05) is 31.2 Å². The van der Waals surface area contributed by atoms with Crippen molar-refractivity contribution in [1.29, 1.82) is 0 Å². The zero-order valence-corrected chi connectivity index (χ0v) is 27.2. The maximum absolute atomic E-state index is 13.1. The van der Waals surface area contributed by atoms with Crippen LogP contribution in [0.2, 0.25) is 0 Å². The number of carboxylic acids is 1. The molecule has 1 aliphatic heterocycles. The summed E-state index contributed by atoms with van der Waals surface area (Å²) in [5.41, 5.74) is 2.81. The lowest BCUT2D eigenvalue weighted by Gasteiger charge is -2.29. The second kappa shape index (κ2) is 17.6. The van der Waals surface area contributed by atoms with Gasteiger partial charge in [-0.3, -0.25) is 14.4 Å². The van der Waals surface area contributed by atoms with Crippen LogP contribution in [0.25, 0.3) is 0 Å². The molecule has 46 heavy (non-hydrogen) atoms. The number of amides is 6. The second-order valence-electron chi connectivity index (χ2n) is 11.4. The number of likely N-dealkylation sites (tertiary alicyclic amines) is 1. The number of carbonyl (C=O) groups is 5. The van der Waals surface area contributed by atoms with E-state index < -0.39 is 12.0 Å². The summed E-state index contributed by atoms with van der Waals surface area (Å²) in [5, 5.41) is 14.7. The van der Waals surface area contributed by atoms with Crippen LogP contribution in [0.5, 0.6) is 5.75 Å². The molecule has 6 amide bonds. The molecule has 0 spiro atoms. The van der Waals surface area contributed by atoms with Gasteiger partial charge in [-0.1, -0.05) is 24.3 Å². The van der Waals surface area contributed by atoms with Crippen LogP contribution in [0, 0.1) is 6.92 Å². The first-order chi connectivity index (χ1) is 22.0. The number of anilines is 2. The highest BCUT2D eigenvalue weighted by Crippen LogP contribution is 2.26. The van der Waals surface area contributed by atoms with Crippen LogP contribution < -0.4 is 15.4 Å². The van der Waals surface area contributed by atoms with Crippen molar-refractivity contribution < 1.29 is 33.8 Å². The van der Waals surface area contributed by atoms with Crippen molar-refractivity contribution >= 4 is 41.2 Å². The lowest BCUT2D eigenvalue weighted by atomic mass is 10.1. The van der Waals surface area contributed by atoms with Crippen LogP contribution >= 0.6 is 0 Å². The molecule has 3 rings (SSSR count). The number of likely N-dealkylation sites (N-methyl/N-ethyl adjacent to an activating group) is 1. The van der Waals surface area contributed by atoms with Crippen molar-refractivity contribution in [2.24, 2.45) is 0 Å². The number of nitrogens with one attached hydrogen (secondary N) is 2. The number of carboxylic acid groups (broad SMARTS) is 1. The first-order valence-corrected chi connectivity index (χ1v) is 15.5. The van der Waals surface area contributed by atoms with Gasteiger partial charge in [-0.05, 0) is 55.5 Å². The predicted molar refractivity (Wildman–Crippen MR) is 175 cm³/mol. The molecule has 1 fully saturated rings. The summed E-state index contributed by atoms with van der Waals surface area (Å²) in [6.45, 7) is 4.40. The highest BCUT2D eigenvalue weighted by Gasteiger charge is 2.22. The van der Waals surface area contributed by atoms with Crippen LogP contribution in [-0.4, -0.2) is 115 Å². The fourth-order valence-corrected chi connectivity index (χ4v) is 5.18. The zero-order chi connectivity index (χ0) is 33.6. The molecule has 0 bridgehead atoms. The van der Waals surface area contributed by atoms with E-state index in [0.717, 1.165) is 24.1 Å². The summed E-state index contributed by atoms with van der Waals surface area (Å²) < 4.78 is 5.46. The van der Waals surface area contributed by atoms with E-state index >= 15 is 0 Å².